The Morgan fingerprint density at radius 3 is 2.79 bits per heavy atom. The van der Waals surface area contributed by atoms with Crippen LogP contribution in [0.1, 0.15) is 30.7 Å². The van der Waals surface area contributed by atoms with Crippen LogP contribution in [-0.2, 0) is 4.79 Å². The van der Waals surface area contributed by atoms with Crippen LogP contribution in [0.5, 0.6) is 0 Å². The van der Waals surface area contributed by atoms with Crippen LogP contribution in [0.4, 0.5) is 4.39 Å². The SMILES string of the molecule is O=C1CCC(c2c(F)cccc2Br)C1. The van der Waals surface area contributed by atoms with Gasteiger partial charge in [0.05, 0.1) is 0 Å². The van der Waals surface area contributed by atoms with Crippen LogP contribution in [0.15, 0.2) is 22.7 Å². The summed E-state index contributed by atoms with van der Waals surface area (Å²) >= 11 is 3.33. The van der Waals surface area contributed by atoms with Crippen LogP contribution in [0.25, 0.3) is 0 Å². The van der Waals surface area contributed by atoms with E-state index in [4.69, 9.17) is 0 Å². The molecule has 1 nitrogen and oxygen atoms in total. The first-order chi connectivity index (χ1) is 6.68. The minimum absolute atomic E-state index is 0.0677. The Morgan fingerprint density at radius 2 is 2.21 bits per heavy atom. The molecule has 1 aliphatic carbocycles. The van der Waals surface area contributed by atoms with E-state index in [1.54, 1.807) is 6.07 Å². The van der Waals surface area contributed by atoms with Gasteiger partial charge in [0.25, 0.3) is 0 Å². The Hall–Kier alpha value is -0.700. The summed E-state index contributed by atoms with van der Waals surface area (Å²) in [6.45, 7) is 0. The molecule has 2 rings (SSSR count). The van der Waals surface area contributed by atoms with E-state index in [0.717, 1.165) is 10.9 Å². The molecular weight excluding hydrogens is 247 g/mol. The van der Waals surface area contributed by atoms with Crippen LogP contribution in [0.3, 0.4) is 0 Å². The lowest BCUT2D eigenvalue weighted by atomic mass is 9.97. The number of benzene rings is 1. The Morgan fingerprint density at radius 1 is 1.43 bits per heavy atom. The lowest BCUT2D eigenvalue weighted by Gasteiger charge is -2.11. The normalized spacial score (nSPS) is 21.6. The number of halogens is 2. The molecule has 0 spiro atoms. The molecule has 0 aromatic heterocycles. The highest BCUT2D eigenvalue weighted by Gasteiger charge is 2.27. The zero-order valence-electron chi connectivity index (χ0n) is 7.59. The predicted octanol–water partition coefficient (Wildman–Crippen LogP) is 3.42. The number of ketones is 1. The molecule has 1 aliphatic rings. The molecule has 0 amide bonds. The summed E-state index contributed by atoms with van der Waals surface area (Å²) in [6, 6.07) is 4.93. The van der Waals surface area contributed by atoms with Crippen molar-refractivity contribution in [1.29, 1.82) is 0 Å². The van der Waals surface area contributed by atoms with Crippen molar-refractivity contribution < 1.29 is 9.18 Å². The Bertz CT molecular complexity index is 355. The molecule has 74 valence electrons. The molecule has 1 atom stereocenters. The molecule has 1 aromatic carbocycles. The second kappa shape index (κ2) is 3.81. The molecule has 1 aromatic rings. The van der Waals surface area contributed by atoms with Gasteiger partial charge in [-0.15, -0.1) is 0 Å². The molecule has 3 heteroatoms. The maximum absolute atomic E-state index is 13.5. The highest BCUT2D eigenvalue weighted by molar-refractivity contribution is 9.10. The highest BCUT2D eigenvalue weighted by Crippen LogP contribution is 2.37. The van der Waals surface area contributed by atoms with E-state index in [2.05, 4.69) is 15.9 Å². The molecule has 0 heterocycles. The zero-order chi connectivity index (χ0) is 10.1. The molecule has 0 bridgehead atoms. The third-order valence-electron chi connectivity index (χ3n) is 2.65. The summed E-state index contributed by atoms with van der Waals surface area (Å²) in [5, 5.41) is 0. The van der Waals surface area contributed by atoms with Crippen LogP contribution in [0, 0.1) is 5.82 Å². The van der Waals surface area contributed by atoms with Gasteiger partial charge in [0.2, 0.25) is 0 Å². The van der Waals surface area contributed by atoms with Gasteiger partial charge in [0, 0.05) is 22.9 Å². The summed E-state index contributed by atoms with van der Waals surface area (Å²) in [5.74, 6) is 0.0994. The lowest BCUT2D eigenvalue weighted by molar-refractivity contribution is -0.117. The maximum atomic E-state index is 13.5. The highest BCUT2D eigenvalue weighted by atomic mass is 79.9. The summed E-state index contributed by atoms with van der Waals surface area (Å²) in [5.41, 5.74) is 0.665. The van der Waals surface area contributed by atoms with Gasteiger partial charge in [0.15, 0.2) is 0 Å². The summed E-state index contributed by atoms with van der Waals surface area (Å²) in [4.78, 5) is 11.1. The van der Waals surface area contributed by atoms with E-state index in [0.29, 0.717) is 18.4 Å². The summed E-state index contributed by atoms with van der Waals surface area (Å²) < 4.78 is 14.3. The number of Topliss-reactive ketones (excluding diaryl/α,β-unsaturated/α-hetero) is 1. The van der Waals surface area contributed by atoms with Crippen LogP contribution in [-0.4, -0.2) is 5.78 Å². The standard InChI is InChI=1S/C11H10BrFO/c12-9-2-1-3-10(13)11(9)7-4-5-8(14)6-7/h1-3,7H,4-6H2. The average Bonchev–Trinajstić information content (AvgIpc) is 2.51. The van der Waals surface area contributed by atoms with Gasteiger partial charge in [-0.1, -0.05) is 22.0 Å². The van der Waals surface area contributed by atoms with Crippen molar-refractivity contribution in [2.75, 3.05) is 0 Å². The Kier molecular flexibility index (Phi) is 2.68. The first kappa shape index (κ1) is 9.84. The maximum Gasteiger partial charge on any atom is 0.133 e. The average molecular weight is 257 g/mol. The molecule has 0 radical (unpaired) electrons. The van der Waals surface area contributed by atoms with E-state index in [1.165, 1.54) is 6.07 Å². The molecule has 1 fully saturated rings. The Balaban J connectivity index is 2.36. The summed E-state index contributed by atoms with van der Waals surface area (Å²) in [7, 11) is 0. The van der Waals surface area contributed by atoms with E-state index in [-0.39, 0.29) is 17.5 Å². The molecular formula is C11H10BrFO. The minimum Gasteiger partial charge on any atom is -0.300 e. The van der Waals surface area contributed by atoms with Crippen LogP contribution >= 0.6 is 15.9 Å². The smallest absolute Gasteiger partial charge is 0.133 e. The largest absolute Gasteiger partial charge is 0.300 e. The quantitative estimate of drug-likeness (QED) is 0.753. The monoisotopic (exact) mass is 256 g/mol. The summed E-state index contributed by atoms with van der Waals surface area (Å²) in [6.07, 6.45) is 1.85. The second-order valence-corrected chi connectivity index (χ2v) is 4.47. The topological polar surface area (TPSA) is 17.1 Å². The molecule has 1 unspecified atom stereocenters. The van der Waals surface area contributed by atoms with Gasteiger partial charge in [-0.25, -0.2) is 4.39 Å². The molecule has 0 N–H and O–H groups in total. The number of carbonyl (C=O) groups is 1. The van der Waals surface area contributed by atoms with E-state index < -0.39 is 0 Å². The van der Waals surface area contributed by atoms with E-state index in [1.807, 2.05) is 6.07 Å². The van der Waals surface area contributed by atoms with E-state index >= 15 is 0 Å². The van der Waals surface area contributed by atoms with Gasteiger partial charge in [-0.3, -0.25) is 4.79 Å². The molecule has 0 aliphatic heterocycles. The third kappa shape index (κ3) is 1.73. The van der Waals surface area contributed by atoms with Gasteiger partial charge >= 0.3 is 0 Å². The molecule has 0 saturated heterocycles. The van der Waals surface area contributed by atoms with Crippen molar-refractivity contribution in [3.8, 4) is 0 Å². The van der Waals surface area contributed by atoms with Crippen molar-refractivity contribution >= 4 is 21.7 Å². The lowest BCUT2D eigenvalue weighted by Crippen LogP contribution is -1.99. The number of hydrogen-bond donors (Lipinski definition) is 0. The van der Waals surface area contributed by atoms with Gasteiger partial charge in [-0.05, 0) is 24.5 Å². The molecule has 14 heavy (non-hydrogen) atoms. The zero-order valence-corrected chi connectivity index (χ0v) is 9.18. The molecule has 1 saturated carbocycles. The number of hydrogen-bond acceptors (Lipinski definition) is 1. The van der Waals surface area contributed by atoms with Crippen LogP contribution in [0.2, 0.25) is 0 Å². The fraction of sp³-hybridized carbons (Fsp3) is 0.364. The van der Waals surface area contributed by atoms with Gasteiger partial charge in [-0.2, -0.15) is 0 Å². The predicted molar refractivity (Wildman–Crippen MR) is 55.7 cm³/mol. The van der Waals surface area contributed by atoms with Gasteiger partial charge < -0.3 is 0 Å². The van der Waals surface area contributed by atoms with Crippen molar-refractivity contribution in [2.45, 2.75) is 25.2 Å². The fourth-order valence-corrected chi connectivity index (χ4v) is 2.63. The number of carbonyl (C=O) groups excluding carboxylic acids is 1. The fourth-order valence-electron chi connectivity index (χ4n) is 1.96. The van der Waals surface area contributed by atoms with Crippen LogP contribution < -0.4 is 0 Å². The first-order valence-electron chi connectivity index (χ1n) is 4.64. The third-order valence-corrected chi connectivity index (χ3v) is 3.35. The van der Waals surface area contributed by atoms with Crippen molar-refractivity contribution in [2.24, 2.45) is 0 Å². The van der Waals surface area contributed by atoms with Crippen molar-refractivity contribution in [3.63, 3.8) is 0 Å². The second-order valence-electron chi connectivity index (χ2n) is 3.61. The number of rotatable bonds is 1. The van der Waals surface area contributed by atoms with Crippen molar-refractivity contribution in [3.05, 3.63) is 34.1 Å². The first-order valence-corrected chi connectivity index (χ1v) is 5.43. The minimum atomic E-state index is -0.209. The van der Waals surface area contributed by atoms with Gasteiger partial charge in [0.1, 0.15) is 11.6 Å². The van der Waals surface area contributed by atoms with Crippen molar-refractivity contribution in [1.82, 2.24) is 0 Å². The Labute approximate surface area is 90.4 Å². The van der Waals surface area contributed by atoms with E-state index in [9.17, 15) is 9.18 Å².